The molecule has 218 valence electrons. The van der Waals surface area contributed by atoms with Crippen LogP contribution in [0.2, 0.25) is 0 Å². The second-order valence-electron chi connectivity index (χ2n) is 9.57. The van der Waals surface area contributed by atoms with Crippen LogP contribution in [-0.4, -0.2) is 39.0 Å². The van der Waals surface area contributed by atoms with Gasteiger partial charge in [0.1, 0.15) is 37.9 Å². The number of fused-ring (bicyclic) bond motifs is 3. The van der Waals surface area contributed by atoms with E-state index >= 15 is 0 Å². The Kier molecular flexibility index (Phi) is 9.31. The van der Waals surface area contributed by atoms with E-state index in [0.717, 1.165) is 11.1 Å². The molecule has 4 aromatic carbocycles. The van der Waals surface area contributed by atoms with Gasteiger partial charge in [0.25, 0.3) is 0 Å². The molecule has 8 nitrogen and oxygen atoms in total. The molecule has 0 spiro atoms. The zero-order valence-corrected chi connectivity index (χ0v) is 23.4. The molecule has 0 radical (unpaired) electrons. The number of ether oxygens (including phenoxy) is 2. The first-order valence-corrected chi connectivity index (χ1v) is 13.6. The van der Waals surface area contributed by atoms with E-state index in [-0.39, 0.29) is 37.9 Å². The first kappa shape index (κ1) is 29.3. The summed E-state index contributed by atoms with van der Waals surface area (Å²) in [5.41, 5.74) is 6.30. The van der Waals surface area contributed by atoms with Crippen molar-refractivity contribution in [2.24, 2.45) is 0 Å². The Hall–Kier alpha value is -5.18. The van der Waals surface area contributed by atoms with E-state index in [1.165, 1.54) is 22.3 Å². The summed E-state index contributed by atoms with van der Waals surface area (Å²) < 4.78 is 11.7. The first-order chi connectivity index (χ1) is 21.1. The van der Waals surface area contributed by atoms with E-state index in [2.05, 4.69) is 86.0 Å². The first-order valence-electron chi connectivity index (χ1n) is 13.6. The topological polar surface area (TPSA) is 89.5 Å². The fraction of sp³-hybridized carbons (Fsp3) is 0.143. The lowest BCUT2D eigenvalue weighted by Crippen LogP contribution is -2.28. The molecule has 0 heterocycles. The molecule has 1 aliphatic rings. The molecule has 4 aromatic rings. The molecule has 0 saturated carbocycles. The Bertz CT molecular complexity index is 1470. The van der Waals surface area contributed by atoms with Gasteiger partial charge in [-0.2, -0.15) is 9.78 Å². The number of benzene rings is 4. The standard InChI is InChI=1S/C35H30O8/c1-25(23-36)42-40-21-19-38-29-15-11-27(12-16-29)35(33-9-5-3-7-31(33)32-8-4-6-10-34(32)35)28-13-17-30(18-14-28)39-20-22-41-43-26(2)24-37/h3-18,23-24H,1-2,19-22H2. The molecule has 0 unspecified atom stereocenters. The fourth-order valence-electron chi connectivity index (χ4n) is 5.29. The third-order valence-electron chi connectivity index (χ3n) is 6.99. The van der Waals surface area contributed by atoms with Crippen LogP contribution >= 0.6 is 0 Å². The van der Waals surface area contributed by atoms with Gasteiger partial charge in [-0.1, -0.05) is 72.8 Å². The van der Waals surface area contributed by atoms with E-state index in [4.69, 9.17) is 29.0 Å². The number of hydrogen-bond acceptors (Lipinski definition) is 8. The van der Waals surface area contributed by atoms with E-state index in [1.54, 1.807) is 0 Å². The summed E-state index contributed by atoms with van der Waals surface area (Å²) in [6, 6.07) is 33.0. The third kappa shape index (κ3) is 6.21. The van der Waals surface area contributed by atoms with E-state index in [9.17, 15) is 9.59 Å². The van der Waals surface area contributed by atoms with Gasteiger partial charge in [0.2, 0.25) is 0 Å². The molecule has 0 fully saturated rings. The predicted molar refractivity (Wildman–Crippen MR) is 159 cm³/mol. The summed E-state index contributed by atoms with van der Waals surface area (Å²) >= 11 is 0. The lowest BCUT2D eigenvalue weighted by atomic mass is 9.68. The highest BCUT2D eigenvalue weighted by atomic mass is 17.2. The molecule has 8 heteroatoms. The molecule has 0 N–H and O–H groups in total. The summed E-state index contributed by atoms with van der Waals surface area (Å²) in [5, 5.41) is 0. The quantitative estimate of drug-likeness (QED) is 0.0345. The maximum absolute atomic E-state index is 10.6. The van der Waals surface area contributed by atoms with Gasteiger partial charge in [-0.25, -0.2) is 0 Å². The SMILES string of the molecule is C=C(C=O)OOCCOc1ccc(C2(c3ccc(OCCOOC(=C)C=O)cc3)c3ccccc3-c3ccccc32)cc1. The lowest BCUT2D eigenvalue weighted by Gasteiger charge is -2.34. The zero-order valence-electron chi connectivity index (χ0n) is 23.4. The van der Waals surface area contributed by atoms with Crippen molar-refractivity contribution in [2.75, 3.05) is 26.4 Å². The number of rotatable bonds is 16. The maximum Gasteiger partial charge on any atom is 0.197 e. The Morgan fingerprint density at radius 2 is 0.953 bits per heavy atom. The van der Waals surface area contributed by atoms with Crippen LogP contribution in [0.3, 0.4) is 0 Å². The van der Waals surface area contributed by atoms with Gasteiger partial charge < -0.3 is 19.2 Å². The monoisotopic (exact) mass is 578 g/mol. The smallest absolute Gasteiger partial charge is 0.197 e. The normalized spacial score (nSPS) is 12.4. The molecule has 0 aliphatic heterocycles. The van der Waals surface area contributed by atoms with Crippen molar-refractivity contribution >= 4 is 12.6 Å². The minimum Gasteiger partial charge on any atom is -0.491 e. The Morgan fingerprint density at radius 1 is 0.558 bits per heavy atom. The highest BCUT2D eigenvalue weighted by molar-refractivity contribution is 5.86. The van der Waals surface area contributed by atoms with Crippen molar-refractivity contribution < 1.29 is 38.6 Å². The fourth-order valence-corrected chi connectivity index (χ4v) is 5.29. The van der Waals surface area contributed by atoms with Crippen molar-refractivity contribution in [3.05, 3.63) is 144 Å². The van der Waals surface area contributed by atoms with E-state index in [0.29, 0.717) is 24.1 Å². The highest BCUT2D eigenvalue weighted by Gasteiger charge is 2.45. The summed E-state index contributed by atoms with van der Waals surface area (Å²) in [6.07, 6.45) is 0.939. The van der Waals surface area contributed by atoms with Crippen LogP contribution in [0, 0.1) is 0 Å². The van der Waals surface area contributed by atoms with Gasteiger partial charge >= 0.3 is 0 Å². The van der Waals surface area contributed by atoms with Crippen molar-refractivity contribution in [3.8, 4) is 22.6 Å². The summed E-state index contributed by atoms with van der Waals surface area (Å²) in [7, 11) is 0. The van der Waals surface area contributed by atoms with Crippen LogP contribution in [0.15, 0.2) is 122 Å². The van der Waals surface area contributed by atoms with Crippen molar-refractivity contribution in [2.45, 2.75) is 5.41 Å². The van der Waals surface area contributed by atoms with Crippen LogP contribution in [-0.2, 0) is 34.6 Å². The molecule has 0 atom stereocenters. The average molecular weight is 579 g/mol. The largest absolute Gasteiger partial charge is 0.491 e. The van der Waals surface area contributed by atoms with Crippen LogP contribution in [0.25, 0.3) is 11.1 Å². The molecule has 0 aromatic heterocycles. The number of carbonyl (C=O) groups excluding carboxylic acids is 2. The van der Waals surface area contributed by atoms with Crippen LogP contribution in [0.5, 0.6) is 11.5 Å². The molecule has 0 saturated heterocycles. The Labute approximate surface area is 249 Å². The molecule has 43 heavy (non-hydrogen) atoms. The lowest BCUT2D eigenvalue weighted by molar-refractivity contribution is -0.261. The minimum absolute atomic E-state index is 0.104. The number of carbonyl (C=O) groups is 2. The third-order valence-corrected chi connectivity index (χ3v) is 6.99. The predicted octanol–water partition coefficient (Wildman–Crippen LogP) is 6.13. The molecule has 5 rings (SSSR count). The second-order valence-corrected chi connectivity index (χ2v) is 9.57. The van der Waals surface area contributed by atoms with Crippen molar-refractivity contribution in [1.82, 2.24) is 0 Å². The summed E-state index contributed by atoms with van der Waals surface area (Å²) in [4.78, 5) is 40.4. The Morgan fingerprint density at radius 3 is 1.35 bits per heavy atom. The molecule has 0 amide bonds. The van der Waals surface area contributed by atoms with Gasteiger partial charge in [0.15, 0.2) is 24.1 Å². The molecular formula is C35H30O8. The van der Waals surface area contributed by atoms with Gasteiger partial charge in [0, 0.05) is 0 Å². The van der Waals surface area contributed by atoms with Gasteiger partial charge in [-0.15, -0.1) is 0 Å². The van der Waals surface area contributed by atoms with E-state index in [1.807, 2.05) is 24.3 Å². The minimum atomic E-state index is -0.581. The van der Waals surface area contributed by atoms with Gasteiger partial charge in [0.05, 0.1) is 5.41 Å². The zero-order chi connectivity index (χ0) is 30.1. The Balaban J connectivity index is 1.42. The summed E-state index contributed by atoms with van der Waals surface area (Å²) in [5.74, 6) is 1.13. The highest BCUT2D eigenvalue weighted by Crippen LogP contribution is 2.56. The van der Waals surface area contributed by atoms with Crippen molar-refractivity contribution in [3.63, 3.8) is 0 Å². The molecule has 1 aliphatic carbocycles. The number of hydrogen-bond donors (Lipinski definition) is 0. The van der Waals surface area contributed by atoms with Crippen LogP contribution in [0.4, 0.5) is 0 Å². The number of allylic oxidation sites excluding steroid dienone is 2. The van der Waals surface area contributed by atoms with Gasteiger partial charge in [-0.05, 0) is 70.8 Å². The van der Waals surface area contributed by atoms with Crippen molar-refractivity contribution in [1.29, 1.82) is 0 Å². The van der Waals surface area contributed by atoms with Crippen LogP contribution < -0.4 is 9.47 Å². The van der Waals surface area contributed by atoms with E-state index < -0.39 is 5.41 Å². The maximum atomic E-state index is 10.6. The van der Waals surface area contributed by atoms with Crippen LogP contribution in [0.1, 0.15) is 22.3 Å². The average Bonchev–Trinajstić information content (AvgIpc) is 3.36. The second kappa shape index (κ2) is 13.7. The number of aldehydes is 2. The van der Waals surface area contributed by atoms with Gasteiger partial charge in [-0.3, -0.25) is 9.59 Å². The molecule has 0 bridgehead atoms. The summed E-state index contributed by atoms with van der Waals surface area (Å²) in [6.45, 7) is 7.48. The molecular weight excluding hydrogens is 548 g/mol.